The summed E-state index contributed by atoms with van der Waals surface area (Å²) < 4.78 is 0. The number of hydrogen-bond donors (Lipinski definition) is 3. The normalized spacial score (nSPS) is 10.5. The summed E-state index contributed by atoms with van der Waals surface area (Å²) in [6, 6.07) is 13.4. The van der Waals surface area contributed by atoms with Gasteiger partial charge in [-0.2, -0.15) is 5.26 Å². The molecule has 3 rings (SSSR count). The van der Waals surface area contributed by atoms with E-state index >= 15 is 0 Å². The van der Waals surface area contributed by atoms with Gasteiger partial charge in [-0.25, -0.2) is 4.98 Å². The van der Waals surface area contributed by atoms with Crippen LogP contribution in [0, 0.1) is 11.3 Å². The highest BCUT2D eigenvalue weighted by Gasteiger charge is 2.18. The van der Waals surface area contributed by atoms with E-state index in [1.807, 2.05) is 36.4 Å². The van der Waals surface area contributed by atoms with Crippen molar-refractivity contribution in [3.05, 3.63) is 52.4 Å². The molecule has 0 aliphatic rings. The first kappa shape index (κ1) is 15.8. The van der Waals surface area contributed by atoms with Crippen LogP contribution >= 0.6 is 11.3 Å². The predicted molar refractivity (Wildman–Crippen MR) is 95.6 cm³/mol. The molecule has 0 atom stereocenters. The van der Waals surface area contributed by atoms with Crippen molar-refractivity contribution >= 4 is 39.0 Å². The molecule has 0 aliphatic carbocycles. The van der Waals surface area contributed by atoms with E-state index in [9.17, 15) is 4.79 Å². The van der Waals surface area contributed by atoms with E-state index in [0.717, 1.165) is 12.0 Å². The fourth-order valence-corrected chi connectivity index (χ4v) is 3.36. The molecule has 0 saturated heterocycles. The van der Waals surface area contributed by atoms with Crippen LogP contribution in [-0.2, 0) is 6.42 Å². The molecule has 24 heavy (non-hydrogen) atoms. The first-order chi connectivity index (χ1) is 11.6. The van der Waals surface area contributed by atoms with Gasteiger partial charge in [-0.05, 0) is 18.1 Å². The summed E-state index contributed by atoms with van der Waals surface area (Å²) >= 11 is 1.17. The quantitative estimate of drug-likeness (QED) is 0.675. The summed E-state index contributed by atoms with van der Waals surface area (Å²) in [5.74, 6) is -0.106. The fourth-order valence-electron chi connectivity index (χ4n) is 2.36. The Morgan fingerprint density at radius 2 is 2.04 bits per heavy atom. The van der Waals surface area contributed by atoms with Crippen molar-refractivity contribution in [3.8, 4) is 6.07 Å². The average molecular weight is 337 g/mol. The van der Waals surface area contributed by atoms with Gasteiger partial charge in [-0.1, -0.05) is 30.3 Å². The lowest BCUT2D eigenvalue weighted by molar-refractivity contribution is 0.0959. The zero-order chi connectivity index (χ0) is 17.1. The Bertz CT molecular complexity index is 943. The minimum atomic E-state index is -0.247. The summed E-state index contributed by atoms with van der Waals surface area (Å²) in [6.07, 6.45) is 0.737. The molecule has 6 nitrogen and oxygen atoms in total. The molecular formula is C17H15N5OS. The van der Waals surface area contributed by atoms with Gasteiger partial charge in [0.2, 0.25) is 0 Å². The van der Waals surface area contributed by atoms with Crippen molar-refractivity contribution in [2.75, 3.05) is 18.0 Å². The first-order valence-corrected chi connectivity index (χ1v) is 8.12. The van der Waals surface area contributed by atoms with Gasteiger partial charge in [0.25, 0.3) is 5.91 Å². The fraction of sp³-hybridized carbons (Fsp3) is 0.118. The second kappa shape index (κ2) is 6.56. The second-order valence-corrected chi connectivity index (χ2v) is 6.22. The van der Waals surface area contributed by atoms with Crippen molar-refractivity contribution in [2.24, 2.45) is 0 Å². The standard InChI is InChI=1S/C17H15N5OS/c18-9-11-8-12-13(19)14(24-17(12)22-15(11)20)16(23)21-7-6-10-4-2-1-3-5-10/h1-5,8H,6-7,19H2,(H2,20,22)(H,21,23). The number of nitrogen functional groups attached to an aromatic ring is 2. The third kappa shape index (κ3) is 3.00. The Morgan fingerprint density at radius 3 is 2.75 bits per heavy atom. The number of aromatic nitrogens is 1. The van der Waals surface area contributed by atoms with Crippen LogP contribution in [0.15, 0.2) is 36.4 Å². The largest absolute Gasteiger partial charge is 0.397 e. The van der Waals surface area contributed by atoms with Crippen LogP contribution in [0.5, 0.6) is 0 Å². The van der Waals surface area contributed by atoms with E-state index in [4.69, 9.17) is 16.7 Å². The number of benzene rings is 1. The van der Waals surface area contributed by atoms with Crippen molar-refractivity contribution in [2.45, 2.75) is 6.42 Å². The monoisotopic (exact) mass is 337 g/mol. The smallest absolute Gasteiger partial charge is 0.263 e. The minimum absolute atomic E-state index is 0.141. The van der Waals surface area contributed by atoms with Gasteiger partial charge >= 0.3 is 0 Å². The van der Waals surface area contributed by atoms with Crippen LogP contribution in [0.25, 0.3) is 10.2 Å². The molecule has 2 aromatic heterocycles. The molecule has 0 spiro atoms. The van der Waals surface area contributed by atoms with Crippen molar-refractivity contribution in [1.29, 1.82) is 5.26 Å². The van der Waals surface area contributed by atoms with Gasteiger partial charge in [0, 0.05) is 11.9 Å². The van der Waals surface area contributed by atoms with E-state index in [0.29, 0.717) is 27.3 Å². The number of nitrogens with one attached hydrogen (secondary N) is 1. The molecule has 0 radical (unpaired) electrons. The van der Waals surface area contributed by atoms with Crippen molar-refractivity contribution in [3.63, 3.8) is 0 Å². The highest BCUT2D eigenvalue weighted by Crippen LogP contribution is 2.34. The van der Waals surface area contributed by atoms with Gasteiger partial charge in [-0.3, -0.25) is 4.79 Å². The maximum absolute atomic E-state index is 12.4. The maximum Gasteiger partial charge on any atom is 0.263 e. The lowest BCUT2D eigenvalue weighted by Gasteiger charge is -2.04. The number of amides is 1. The number of anilines is 2. The van der Waals surface area contributed by atoms with Crippen LogP contribution in [0.4, 0.5) is 11.5 Å². The lowest BCUT2D eigenvalue weighted by atomic mass is 10.1. The van der Waals surface area contributed by atoms with Crippen LogP contribution in [0.3, 0.4) is 0 Å². The van der Waals surface area contributed by atoms with Crippen molar-refractivity contribution < 1.29 is 4.79 Å². The highest BCUT2D eigenvalue weighted by molar-refractivity contribution is 7.21. The molecular weight excluding hydrogens is 322 g/mol. The summed E-state index contributed by atoms with van der Waals surface area (Å²) in [5.41, 5.74) is 13.5. The van der Waals surface area contributed by atoms with E-state index in [-0.39, 0.29) is 17.3 Å². The highest BCUT2D eigenvalue weighted by atomic mass is 32.1. The number of carbonyl (C=O) groups excluding carboxylic acids is 1. The third-order valence-electron chi connectivity index (χ3n) is 3.62. The Labute approximate surface area is 142 Å². The van der Waals surface area contributed by atoms with Gasteiger partial charge in [0.15, 0.2) is 0 Å². The number of rotatable bonds is 4. The molecule has 1 amide bonds. The number of thiophene rings is 1. The molecule has 1 aromatic carbocycles. The van der Waals surface area contributed by atoms with E-state index in [1.54, 1.807) is 6.07 Å². The molecule has 0 unspecified atom stereocenters. The molecule has 0 aliphatic heterocycles. The van der Waals surface area contributed by atoms with Crippen LogP contribution in [0.2, 0.25) is 0 Å². The molecule has 0 saturated carbocycles. The number of pyridine rings is 1. The van der Waals surface area contributed by atoms with Gasteiger partial charge in [0.1, 0.15) is 21.6 Å². The number of fused-ring (bicyclic) bond motifs is 1. The zero-order valence-corrected chi connectivity index (χ0v) is 13.6. The average Bonchev–Trinajstić information content (AvgIpc) is 2.91. The topological polar surface area (TPSA) is 118 Å². The minimum Gasteiger partial charge on any atom is -0.397 e. The Morgan fingerprint density at radius 1 is 1.29 bits per heavy atom. The number of hydrogen-bond acceptors (Lipinski definition) is 6. The van der Waals surface area contributed by atoms with Gasteiger partial charge < -0.3 is 16.8 Å². The summed E-state index contributed by atoms with van der Waals surface area (Å²) in [5, 5.41) is 12.5. The summed E-state index contributed by atoms with van der Waals surface area (Å²) in [6.45, 7) is 0.509. The third-order valence-corrected chi connectivity index (χ3v) is 4.73. The number of nitriles is 1. The summed E-state index contributed by atoms with van der Waals surface area (Å²) in [4.78, 5) is 17.5. The molecule has 0 fully saturated rings. The van der Waals surface area contributed by atoms with E-state index < -0.39 is 0 Å². The Kier molecular flexibility index (Phi) is 4.31. The van der Waals surface area contributed by atoms with Crippen LogP contribution in [-0.4, -0.2) is 17.4 Å². The molecule has 7 heteroatoms. The summed E-state index contributed by atoms with van der Waals surface area (Å²) in [7, 11) is 0. The molecule has 3 aromatic rings. The first-order valence-electron chi connectivity index (χ1n) is 7.31. The second-order valence-electron chi connectivity index (χ2n) is 5.22. The Hall–Kier alpha value is -3.11. The predicted octanol–water partition coefficient (Wildman–Crippen LogP) is 2.30. The lowest BCUT2D eigenvalue weighted by Crippen LogP contribution is -2.25. The number of nitrogens with two attached hydrogens (primary N) is 2. The van der Waals surface area contributed by atoms with Gasteiger partial charge in [-0.15, -0.1) is 11.3 Å². The van der Waals surface area contributed by atoms with E-state index in [1.165, 1.54) is 11.3 Å². The zero-order valence-electron chi connectivity index (χ0n) is 12.7. The van der Waals surface area contributed by atoms with E-state index in [2.05, 4.69) is 10.3 Å². The van der Waals surface area contributed by atoms with Crippen LogP contribution < -0.4 is 16.8 Å². The van der Waals surface area contributed by atoms with Gasteiger partial charge in [0.05, 0.1) is 11.3 Å². The Balaban J connectivity index is 1.77. The van der Waals surface area contributed by atoms with Crippen LogP contribution in [0.1, 0.15) is 20.8 Å². The number of carbonyl (C=O) groups is 1. The number of nitrogens with zero attached hydrogens (tertiary/aromatic N) is 2. The molecule has 2 heterocycles. The molecule has 0 bridgehead atoms. The molecule has 5 N–H and O–H groups in total. The SMILES string of the molecule is N#Cc1cc2c(N)c(C(=O)NCCc3ccccc3)sc2nc1N. The molecule has 120 valence electrons. The van der Waals surface area contributed by atoms with Crippen molar-refractivity contribution in [1.82, 2.24) is 10.3 Å². The maximum atomic E-state index is 12.4.